The maximum Gasteiger partial charge on any atom is 0.331 e. The summed E-state index contributed by atoms with van der Waals surface area (Å²) >= 11 is 3.23. The number of rotatable bonds is 2. The van der Waals surface area contributed by atoms with Gasteiger partial charge >= 0.3 is 6.03 Å². The SMILES string of the molecule is Cc1ccc(Br)cc1S(=O)(=O)N1CCNC1=O. The monoisotopic (exact) mass is 318 g/mol. The largest absolute Gasteiger partial charge is 0.335 e. The molecule has 0 aromatic heterocycles. The summed E-state index contributed by atoms with van der Waals surface area (Å²) in [5, 5.41) is 2.48. The highest BCUT2D eigenvalue weighted by Crippen LogP contribution is 2.24. The van der Waals surface area contributed by atoms with Gasteiger partial charge in [0.15, 0.2) is 0 Å². The summed E-state index contributed by atoms with van der Waals surface area (Å²) in [4.78, 5) is 11.6. The maximum atomic E-state index is 12.3. The highest BCUT2D eigenvalue weighted by molar-refractivity contribution is 9.10. The lowest BCUT2D eigenvalue weighted by Gasteiger charge is -2.16. The second kappa shape index (κ2) is 4.30. The van der Waals surface area contributed by atoms with Crippen LogP contribution in [-0.2, 0) is 10.0 Å². The molecule has 0 unspecified atom stereocenters. The fraction of sp³-hybridized carbons (Fsp3) is 0.300. The molecule has 1 heterocycles. The standard InChI is InChI=1S/C10H11BrN2O3S/c1-7-2-3-8(11)6-9(7)17(15,16)13-5-4-12-10(13)14/h2-3,6H,4-5H2,1H3,(H,12,14). The zero-order chi connectivity index (χ0) is 12.6. The number of sulfonamides is 1. The number of aryl methyl sites for hydroxylation is 1. The van der Waals surface area contributed by atoms with E-state index in [0.717, 1.165) is 4.31 Å². The van der Waals surface area contributed by atoms with Crippen molar-refractivity contribution in [2.75, 3.05) is 13.1 Å². The van der Waals surface area contributed by atoms with Gasteiger partial charge in [0.2, 0.25) is 0 Å². The number of carbonyl (C=O) groups excluding carboxylic acids is 1. The molecule has 1 aliphatic rings. The van der Waals surface area contributed by atoms with Crippen LogP contribution in [0, 0.1) is 6.92 Å². The summed E-state index contributed by atoms with van der Waals surface area (Å²) in [5.41, 5.74) is 0.618. The molecule has 92 valence electrons. The minimum Gasteiger partial charge on any atom is -0.335 e. The van der Waals surface area contributed by atoms with E-state index in [0.29, 0.717) is 16.6 Å². The number of nitrogens with one attached hydrogen (secondary N) is 1. The zero-order valence-electron chi connectivity index (χ0n) is 9.10. The van der Waals surface area contributed by atoms with Gasteiger partial charge in [-0.2, -0.15) is 0 Å². The lowest BCUT2D eigenvalue weighted by Crippen LogP contribution is -2.34. The molecule has 1 aromatic rings. The third-order valence-electron chi connectivity index (χ3n) is 2.54. The topological polar surface area (TPSA) is 66.5 Å². The van der Waals surface area contributed by atoms with Crippen molar-refractivity contribution in [3.05, 3.63) is 28.2 Å². The molecule has 7 heteroatoms. The van der Waals surface area contributed by atoms with Gasteiger partial charge in [-0.1, -0.05) is 22.0 Å². The predicted octanol–water partition coefficient (Wildman–Crippen LogP) is 1.47. The van der Waals surface area contributed by atoms with E-state index in [-0.39, 0.29) is 11.4 Å². The number of nitrogens with zero attached hydrogens (tertiary/aromatic N) is 1. The van der Waals surface area contributed by atoms with Gasteiger partial charge in [0.05, 0.1) is 11.4 Å². The van der Waals surface area contributed by atoms with E-state index >= 15 is 0 Å². The quantitative estimate of drug-likeness (QED) is 0.898. The summed E-state index contributed by atoms with van der Waals surface area (Å²) in [6, 6.07) is 4.41. The average molecular weight is 319 g/mol. The number of halogens is 1. The summed E-state index contributed by atoms with van der Waals surface area (Å²) in [7, 11) is -3.75. The van der Waals surface area contributed by atoms with E-state index in [4.69, 9.17) is 0 Å². The van der Waals surface area contributed by atoms with Gasteiger partial charge < -0.3 is 5.32 Å². The molecule has 0 radical (unpaired) electrons. The van der Waals surface area contributed by atoms with Crippen LogP contribution in [0.1, 0.15) is 5.56 Å². The van der Waals surface area contributed by atoms with E-state index in [9.17, 15) is 13.2 Å². The fourth-order valence-electron chi connectivity index (χ4n) is 1.65. The normalized spacial score (nSPS) is 16.1. The number of carbonyl (C=O) groups is 1. The number of urea groups is 1. The van der Waals surface area contributed by atoms with Crippen molar-refractivity contribution >= 4 is 32.0 Å². The Morgan fingerprint density at radius 1 is 1.41 bits per heavy atom. The van der Waals surface area contributed by atoms with E-state index in [2.05, 4.69) is 21.2 Å². The maximum absolute atomic E-state index is 12.3. The molecule has 1 N–H and O–H groups in total. The van der Waals surface area contributed by atoms with Gasteiger partial charge in [-0.25, -0.2) is 17.5 Å². The van der Waals surface area contributed by atoms with Crippen molar-refractivity contribution in [3.63, 3.8) is 0 Å². The van der Waals surface area contributed by atoms with E-state index in [1.54, 1.807) is 19.1 Å². The first-order valence-electron chi connectivity index (χ1n) is 4.99. The predicted molar refractivity (Wildman–Crippen MR) is 66.2 cm³/mol. The van der Waals surface area contributed by atoms with E-state index < -0.39 is 16.1 Å². The summed E-state index contributed by atoms with van der Waals surface area (Å²) < 4.78 is 26.1. The van der Waals surface area contributed by atoms with Crippen LogP contribution < -0.4 is 5.32 Å². The molecule has 17 heavy (non-hydrogen) atoms. The summed E-state index contributed by atoms with van der Waals surface area (Å²) in [5.74, 6) is 0. The molecule has 0 bridgehead atoms. The molecule has 2 amide bonds. The first-order chi connectivity index (χ1) is 7.93. The first-order valence-corrected chi connectivity index (χ1v) is 7.23. The molecule has 0 aliphatic carbocycles. The Morgan fingerprint density at radius 2 is 2.12 bits per heavy atom. The van der Waals surface area contributed by atoms with Gasteiger partial charge in [0.25, 0.3) is 10.0 Å². The van der Waals surface area contributed by atoms with Crippen molar-refractivity contribution < 1.29 is 13.2 Å². The lowest BCUT2D eigenvalue weighted by molar-refractivity contribution is 0.236. The molecular formula is C10H11BrN2O3S. The highest BCUT2D eigenvalue weighted by atomic mass is 79.9. The van der Waals surface area contributed by atoms with Crippen molar-refractivity contribution in [1.82, 2.24) is 9.62 Å². The van der Waals surface area contributed by atoms with Crippen LogP contribution in [0.15, 0.2) is 27.6 Å². The van der Waals surface area contributed by atoms with Gasteiger partial charge in [-0.15, -0.1) is 0 Å². The van der Waals surface area contributed by atoms with Crippen molar-refractivity contribution in [1.29, 1.82) is 0 Å². The van der Waals surface area contributed by atoms with Crippen molar-refractivity contribution in [2.45, 2.75) is 11.8 Å². The number of hydrogen-bond acceptors (Lipinski definition) is 3. The minimum atomic E-state index is -3.75. The van der Waals surface area contributed by atoms with Crippen LogP contribution in [0.3, 0.4) is 0 Å². The smallest absolute Gasteiger partial charge is 0.331 e. The molecule has 0 saturated carbocycles. The number of amides is 2. The number of hydrogen-bond donors (Lipinski definition) is 1. The van der Waals surface area contributed by atoms with Crippen LogP contribution in [0.25, 0.3) is 0 Å². The van der Waals surface area contributed by atoms with Gasteiger partial charge in [0.1, 0.15) is 0 Å². The molecule has 1 saturated heterocycles. The summed E-state index contributed by atoms with van der Waals surface area (Å²) in [6.07, 6.45) is 0. The molecule has 5 nitrogen and oxygen atoms in total. The third-order valence-corrected chi connectivity index (χ3v) is 4.95. The molecular weight excluding hydrogens is 308 g/mol. The minimum absolute atomic E-state index is 0.156. The second-order valence-corrected chi connectivity index (χ2v) is 6.47. The zero-order valence-corrected chi connectivity index (χ0v) is 11.5. The van der Waals surface area contributed by atoms with Crippen molar-refractivity contribution in [2.24, 2.45) is 0 Å². The molecule has 2 rings (SSSR count). The molecule has 0 spiro atoms. The van der Waals surface area contributed by atoms with Crippen molar-refractivity contribution in [3.8, 4) is 0 Å². The highest BCUT2D eigenvalue weighted by Gasteiger charge is 2.33. The Bertz CT molecular complexity index is 571. The van der Waals surface area contributed by atoms with Gasteiger partial charge in [-0.05, 0) is 24.6 Å². The van der Waals surface area contributed by atoms with Gasteiger partial charge in [-0.3, -0.25) is 0 Å². The van der Waals surface area contributed by atoms with E-state index in [1.165, 1.54) is 6.07 Å². The Kier molecular flexibility index (Phi) is 3.13. The Morgan fingerprint density at radius 3 is 2.71 bits per heavy atom. The number of benzene rings is 1. The van der Waals surface area contributed by atoms with Crippen LogP contribution in [0.5, 0.6) is 0 Å². The van der Waals surface area contributed by atoms with Crippen LogP contribution >= 0.6 is 15.9 Å². The lowest BCUT2D eigenvalue weighted by atomic mass is 10.2. The molecule has 1 fully saturated rings. The Balaban J connectivity index is 2.51. The van der Waals surface area contributed by atoms with E-state index in [1.807, 2.05) is 0 Å². The average Bonchev–Trinajstić information content (AvgIpc) is 2.68. The van der Waals surface area contributed by atoms with Crippen LogP contribution in [0.4, 0.5) is 4.79 Å². The fourth-order valence-corrected chi connectivity index (χ4v) is 3.77. The Labute approximate surface area is 108 Å². The third kappa shape index (κ3) is 2.16. The molecule has 1 aliphatic heterocycles. The molecule has 1 aromatic carbocycles. The first kappa shape index (κ1) is 12.4. The van der Waals surface area contributed by atoms with Crippen LogP contribution in [-0.4, -0.2) is 31.8 Å². The van der Waals surface area contributed by atoms with Crippen LogP contribution in [0.2, 0.25) is 0 Å². The molecule has 0 atom stereocenters. The van der Waals surface area contributed by atoms with Gasteiger partial charge in [0, 0.05) is 11.0 Å². The summed E-state index contributed by atoms with van der Waals surface area (Å²) in [6.45, 7) is 2.23. The second-order valence-electron chi connectivity index (χ2n) is 3.72. The Hall–Kier alpha value is -1.08.